The van der Waals surface area contributed by atoms with Gasteiger partial charge in [0, 0.05) is 15.3 Å². The van der Waals surface area contributed by atoms with Gasteiger partial charge in [0.25, 0.3) is 0 Å². The Bertz CT molecular complexity index is 171. The van der Waals surface area contributed by atoms with Gasteiger partial charge in [0.05, 0.1) is 0 Å². The van der Waals surface area contributed by atoms with Gasteiger partial charge < -0.3 is 52.3 Å². The van der Waals surface area contributed by atoms with Crippen molar-refractivity contribution in [1.29, 1.82) is 0 Å². The van der Waals surface area contributed by atoms with Crippen molar-refractivity contribution < 1.29 is 103 Å². The van der Waals surface area contributed by atoms with Crippen LogP contribution in [0.1, 0.15) is 40.0 Å². The Morgan fingerprint density at radius 2 is 0.667 bits per heavy atom. The van der Waals surface area contributed by atoms with Crippen LogP contribution < -0.4 is 88.7 Å². The molecule has 0 aromatic rings. The van der Waals surface area contributed by atoms with Crippen molar-refractivity contribution in [3.8, 4) is 0 Å². The van der Waals surface area contributed by atoms with Gasteiger partial charge in [-0.15, -0.1) is 0 Å². The molecule has 0 unspecified atom stereocenters. The molecule has 90 valence electrons. The van der Waals surface area contributed by atoms with Gasteiger partial charge in [-0.2, -0.15) is 0 Å². The Morgan fingerprint density at radius 1 is 0.611 bits per heavy atom. The van der Waals surface area contributed by atoms with Gasteiger partial charge in [0.1, 0.15) is 0 Å². The molecule has 0 saturated carbocycles. The predicted molar refractivity (Wildman–Crippen MR) is 68.0 cm³/mol. The predicted octanol–water partition coefficient (Wildman–Crippen LogP) is -7.58. The van der Waals surface area contributed by atoms with Crippen LogP contribution in [0.5, 0.6) is 0 Å². The van der Waals surface area contributed by atoms with E-state index in [-0.39, 0.29) is 104 Å². The van der Waals surface area contributed by atoms with E-state index >= 15 is 0 Å². The Balaban J connectivity index is -0.0000000277. The fourth-order valence-electron chi connectivity index (χ4n) is 0. The molecule has 0 fully saturated rings. The number of hydrogen-bond acceptors (Lipinski definition) is 6. The van der Waals surface area contributed by atoms with Crippen molar-refractivity contribution in [1.82, 2.24) is 0 Å². The van der Waals surface area contributed by atoms with Gasteiger partial charge in [-0.25, -0.2) is 0 Å². The van der Waals surface area contributed by atoms with Crippen LogP contribution in [0.25, 0.3) is 0 Å². The van der Waals surface area contributed by atoms with Crippen LogP contribution in [0.2, 0.25) is 0 Å². The van der Waals surface area contributed by atoms with Gasteiger partial charge in [0.2, 0.25) is 0 Å². The van der Waals surface area contributed by atoms with Crippen LogP contribution in [-0.4, -0.2) is 15.3 Å². The molecule has 0 aromatic carbocycles. The molecule has 0 bridgehead atoms. The van der Waals surface area contributed by atoms with Crippen molar-refractivity contribution in [3.63, 3.8) is 0 Å². The van der Waals surface area contributed by atoms with Crippen LogP contribution in [-0.2, 0) is 52.3 Å². The fraction of sp³-hybridized carbons (Fsp3) is 0.667. The molecule has 3 nitrogen and oxygen atoms in total. The van der Waals surface area contributed by atoms with Gasteiger partial charge in [-0.05, 0) is 19.3 Å². The maximum absolute atomic E-state index is 9.63. The number of hydrogen-bond donors (Lipinski definition) is 0. The Morgan fingerprint density at radius 3 is 0.667 bits per heavy atom. The molecule has 0 amide bonds. The molecule has 0 aliphatic heterocycles. The van der Waals surface area contributed by atoms with Crippen molar-refractivity contribution in [3.05, 3.63) is 0 Å². The molecule has 18 heavy (non-hydrogen) atoms. The first-order chi connectivity index (χ1) is 6.81. The quantitative estimate of drug-likeness (QED) is 0.377. The summed E-state index contributed by atoms with van der Waals surface area (Å²) in [5.74, 6) is 0. The third-order valence-electron chi connectivity index (χ3n) is 0.866. The minimum absolute atomic E-state index is 0. The van der Waals surface area contributed by atoms with Crippen LogP contribution in [0, 0.1) is 0 Å². The third kappa shape index (κ3) is 77.5. The van der Waals surface area contributed by atoms with E-state index in [9.17, 15) is 14.4 Å². The molecule has 0 heterocycles. The molecule has 0 rings (SSSR count). The van der Waals surface area contributed by atoms with Crippen LogP contribution in [0.15, 0.2) is 0 Å². The summed E-state index contributed by atoms with van der Waals surface area (Å²) < 4.78 is 0. The fourth-order valence-corrected chi connectivity index (χ4v) is 0. The van der Waals surface area contributed by atoms with Gasteiger partial charge in [-0.3, -0.25) is 0 Å². The monoisotopic (exact) mass is 336 g/mol. The summed E-state index contributed by atoms with van der Waals surface area (Å²) in [4.78, 5) is 28.9. The molecule has 0 aliphatic carbocycles. The van der Waals surface area contributed by atoms with Gasteiger partial charge >= 0.3 is 88.7 Å². The molecule has 0 N–H and O–H groups in total. The second-order valence-electron chi connectivity index (χ2n) is 2.18. The SMILES string of the molecule is CCC(=O)[S-].CCC(=O)[S-].CCC(=O)[S-].[Na+].[Na+].[Na+]. The second-order valence-corrected chi connectivity index (χ2v) is 3.54. The normalized spacial score (nSPS) is 6.17. The zero-order valence-corrected chi connectivity index (χ0v) is 20.5. The Labute approximate surface area is 193 Å². The topological polar surface area (TPSA) is 51.2 Å². The maximum atomic E-state index is 9.63. The van der Waals surface area contributed by atoms with E-state index < -0.39 is 0 Å². The first kappa shape index (κ1) is 37.2. The van der Waals surface area contributed by atoms with E-state index in [2.05, 4.69) is 37.9 Å². The summed E-state index contributed by atoms with van der Waals surface area (Å²) in [6.45, 7) is 5.24. The van der Waals surface area contributed by atoms with E-state index in [1.165, 1.54) is 0 Å². The molecule has 0 aliphatic rings. The van der Waals surface area contributed by atoms with Crippen molar-refractivity contribution in [2.24, 2.45) is 0 Å². The van der Waals surface area contributed by atoms with Gasteiger partial charge in [-0.1, -0.05) is 20.8 Å². The standard InChI is InChI=1S/3C3H6OS.3Na/c3*1-2-3(4)5;;;/h3*2H2,1H3,(H,4,5);;;/q;;;3*+1/p-3. The summed E-state index contributed by atoms with van der Waals surface area (Å²) in [5.41, 5.74) is 0. The molecule has 0 aromatic heterocycles. The van der Waals surface area contributed by atoms with E-state index in [0.717, 1.165) is 0 Å². The summed E-state index contributed by atoms with van der Waals surface area (Å²) in [7, 11) is 0. The summed E-state index contributed by atoms with van der Waals surface area (Å²) in [5, 5.41) is -0.486. The van der Waals surface area contributed by atoms with E-state index in [1.54, 1.807) is 20.8 Å². The Kier molecular flexibility index (Phi) is 65.8. The summed E-state index contributed by atoms with van der Waals surface area (Å²) in [6.07, 6.45) is 1.44. The number of rotatable bonds is 3. The maximum Gasteiger partial charge on any atom is 1.00 e. The average Bonchev–Trinajstić information content (AvgIpc) is 2.19. The number of carbonyl (C=O) groups is 3. The molecule has 0 radical (unpaired) electrons. The van der Waals surface area contributed by atoms with Crippen molar-refractivity contribution >= 4 is 53.2 Å². The summed E-state index contributed by atoms with van der Waals surface area (Å²) in [6, 6.07) is 0. The van der Waals surface area contributed by atoms with E-state index in [4.69, 9.17) is 0 Å². The molecule has 0 saturated heterocycles. The minimum Gasteiger partial charge on any atom is -0.742 e. The van der Waals surface area contributed by atoms with Gasteiger partial charge in [0.15, 0.2) is 0 Å². The minimum atomic E-state index is -0.162. The van der Waals surface area contributed by atoms with Crippen molar-refractivity contribution in [2.75, 3.05) is 0 Å². The average molecular weight is 336 g/mol. The number of carbonyl (C=O) groups excluding carboxylic acids is 3. The molecular formula is C9H15Na3O3S3. The third-order valence-corrected chi connectivity index (χ3v) is 1.73. The van der Waals surface area contributed by atoms with Crippen molar-refractivity contribution in [2.45, 2.75) is 40.0 Å². The molecule has 9 heteroatoms. The zero-order valence-electron chi connectivity index (χ0n) is 12.1. The first-order valence-corrected chi connectivity index (χ1v) is 5.63. The van der Waals surface area contributed by atoms with E-state index in [0.29, 0.717) is 19.3 Å². The second kappa shape index (κ2) is 31.9. The summed E-state index contributed by atoms with van der Waals surface area (Å²) >= 11 is 12.4. The Hall–Kier alpha value is 2.67. The van der Waals surface area contributed by atoms with E-state index in [1.807, 2.05) is 0 Å². The first-order valence-electron chi connectivity index (χ1n) is 4.41. The van der Waals surface area contributed by atoms with Crippen LogP contribution in [0.4, 0.5) is 0 Å². The van der Waals surface area contributed by atoms with Crippen LogP contribution in [0.3, 0.4) is 0 Å². The van der Waals surface area contributed by atoms with Crippen LogP contribution >= 0.6 is 0 Å². The molecular weight excluding hydrogens is 321 g/mol. The largest absolute Gasteiger partial charge is 1.00 e. The smallest absolute Gasteiger partial charge is 0.742 e. The molecule has 0 spiro atoms. The zero-order chi connectivity index (χ0) is 12.9. The molecule has 0 atom stereocenters.